The zero-order valence-corrected chi connectivity index (χ0v) is 28.5. The van der Waals surface area contributed by atoms with Gasteiger partial charge in [0.05, 0.1) is 0 Å². The van der Waals surface area contributed by atoms with Crippen LogP contribution in [-0.4, -0.2) is 0 Å². The van der Waals surface area contributed by atoms with Crippen LogP contribution in [0, 0.1) is 0 Å². The predicted octanol–water partition coefficient (Wildman–Crippen LogP) is 14.8. The first-order valence-electron chi connectivity index (χ1n) is 18.1. The van der Waals surface area contributed by atoms with E-state index in [9.17, 15) is 0 Å². The molecule has 0 saturated carbocycles. The highest BCUT2D eigenvalue weighted by Crippen LogP contribution is 2.46. The lowest BCUT2D eigenvalue weighted by Crippen LogP contribution is -1.91. The van der Waals surface area contributed by atoms with Gasteiger partial charge in [0, 0.05) is 0 Å². The molecule has 0 saturated heterocycles. The minimum Gasteiger partial charge on any atom is -0.0622 e. The van der Waals surface area contributed by atoms with Gasteiger partial charge in [-0.1, -0.05) is 176 Å². The third-order valence-electron chi connectivity index (χ3n) is 11.2. The fourth-order valence-corrected chi connectivity index (χ4v) is 8.81. The Bertz CT molecular complexity index is 3220. The van der Waals surface area contributed by atoms with E-state index in [0.717, 1.165) is 0 Å². The molecule has 0 aliphatic rings. The van der Waals surface area contributed by atoms with Crippen LogP contribution < -0.4 is 0 Å². The molecule has 0 aromatic heterocycles. The highest BCUT2D eigenvalue weighted by atomic mass is 14.2. The molecule has 240 valence electrons. The van der Waals surface area contributed by atoms with Crippen molar-refractivity contribution >= 4 is 75.4 Å². The molecule has 0 N–H and O–H groups in total. The summed E-state index contributed by atoms with van der Waals surface area (Å²) in [7, 11) is 0. The van der Waals surface area contributed by atoms with E-state index in [2.05, 4.69) is 194 Å². The summed E-state index contributed by atoms with van der Waals surface area (Å²) >= 11 is 0. The van der Waals surface area contributed by atoms with Crippen molar-refractivity contribution in [2.75, 3.05) is 0 Å². The molecule has 0 unspecified atom stereocenters. The molecule has 0 spiro atoms. The van der Waals surface area contributed by atoms with E-state index in [0.29, 0.717) is 0 Å². The molecular weight excluding hydrogens is 625 g/mol. The van der Waals surface area contributed by atoms with Crippen molar-refractivity contribution in [1.82, 2.24) is 0 Å². The minimum atomic E-state index is 1.23. The summed E-state index contributed by atoms with van der Waals surface area (Å²) in [4.78, 5) is 0. The molecule has 11 aromatic carbocycles. The summed E-state index contributed by atoms with van der Waals surface area (Å²) < 4.78 is 0. The van der Waals surface area contributed by atoms with E-state index >= 15 is 0 Å². The largest absolute Gasteiger partial charge is 0.0622 e. The standard InChI is InChI=1S/C52H32/c1-2-12-33(13-3-1)36-24-26-45-46-27-25-38(32-50(46)52-48-21-11-9-19-44(48)43-18-8-10-20-47(43)51(52)49(45)31-36)40-29-28-39(41-16-6-7-17-42(40)41)37-23-22-34-14-4-5-15-35(34)30-37/h1-32H. The highest BCUT2D eigenvalue weighted by molar-refractivity contribution is 6.39. The summed E-state index contributed by atoms with van der Waals surface area (Å²) in [6.07, 6.45) is 0. The normalized spacial score (nSPS) is 11.8. The first-order chi connectivity index (χ1) is 25.8. The second-order valence-electron chi connectivity index (χ2n) is 14.0. The third kappa shape index (κ3) is 4.35. The molecule has 0 aliphatic carbocycles. The molecule has 0 heteroatoms. The summed E-state index contributed by atoms with van der Waals surface area (Å²) in [5.74, 6) is 0. The first-order valence-corrected chi connectivity index (χ1v) is 18.1. The Morgan fingerprint density at radius 2 is 0.615 bits per heavy atom. The Kier molecular flexibility index (Phi) is 6.35. The second-order valence-corrected chi connectivity index (χ2v) is 14.0. The lowest BCUT2D eigenvalue weighted by Gasteiger charge is -2.18. The average molecular weight is 657 g/mol. The second kappa shape index (κ2) is 11.4. The van der Waals surface area contributed by atoms with Crippen LogP contribution in [0.4, 0.5) is 0 Å². The maximum absolute atomic E-state index is 2.46. The van der Waals surface area contributed by atoms with Gasteiger partial charge in [0.2, 0.25) is 0 Å². The summed E-state index contributed by atoms with van der Waals surface area (Å²) in [5.41, 5.74) is 7.45. The van der Waals surface area contributed by atoms with Crippen molar-refractivity contribution in [2.45, 2.75) is 0 Å². The molecule has 0 heterocycles. The lowest BCUT2D eigenvalue weighted by atomic mass is 9.85. The molecule has 0 nitrogen and oxygen atoms in total. The van der Waals surface area contributed by atoms with Crippen molar-refractivity contribution in [3.63, 3.8) is 0 Å². The van der Waals surface area contributed by atoms with Crippen LogP contribution in [0.15, 0.2) is 194 Å². The minimum absolute atomic E-state index is 1.23. The van der Waals surface area contributed by atoms with Gasteiger partial charge in [0.25, 0.3) is 0 Å². The molecular formula is C52H32. The van der Waals surface area contributed by atoms with Crippen LogP contribution in [0.25, 0.3) is 109 Å². The fourth-order valence-electron chi connectivity index (χ4n) is 8.81. The highest BCUT2D eigenvalue weighted by Gasteiger charge is 2.18. The Morgan fingerprint density at radius 3 is 1.23 bits per heavy atom. The molecule has 0 atom stereocenters. The third-order valence-corrected chi connectivity index (χ3v) is 11.2. The maximum Gasteiger partial charge on any atom is -0.00137 e. The Morgan fingerprint density at radius 1 is 0.192 bits per heavy atom. The number of benzene rings is 11. The molecule has 0 radical (unpaired) electrons. The van der Waals surface area contributed by atoms with Gasteiger partial charge in [-0.05, 0) is 127 Å². The zero-order chi connectivity index (χ0) is 34.2. The molecule has 0 bridgehead atoms. The van der Waals surface area contributed by atoms with Gasteiger partial charge in [-0.15, -0.1) is 0 Å². The molecule has 11 rings (SSSR count). The summed E-state index contributed by atoms with van der Waals surface area (Å²) in [6.45, 7) is 0. The first kappa shape index (κ1) is 29.0. The van der Waals surface area contributed by atoms with E-state index in [4.69, 9.17) is 0 Å². The molecule has 52 heavy (non-hydrogen) atoms. The van der Waals surface area contributed by atoms with Crippen molar-refractivity contribution < 1.29 is 0 Å². The van der Waals surface area contributed by atoms with Crippen LogP contribution in [0.1, 0.15) is 0 Å². The van der Waals surface area contributed by atoms with Gasteiger partial charge in [0.1, 0.15) is 0 Å². The number of fused-ring (bicyclic) bond motifs is 13. The molecule has 0 fully saturated rings. The van der Waals surface area contributed by atoms with Crippen molar-refractivity contribution in [3.05, 3.63) is 194 Å². The smallest absolute Gasteiger partial charge is 0.00137 e. The lowest BCUT2D eigenvalue weighted by molar-refractivity contribution is 1.65. The van der Waals surface area contributed by atoms with Gasteiger partial charge >= 0.3 is 0 Å². The van der Waals surface area contributed by atoms with E-state index in [1.807, 2.05) is 0 Å². The Balaban J connectivity index is 1.23. The number of rotatable bonds is 3. The topological polar surface area (TPSA) is 0 Å². The van der Waals surface area contributed by atoms with E-state index in [1.165, 1.54) is 109 Å². The van der Waals surface area contributed by atoms with E-state index in [1.54, 1.807) is 0 Å². The van der Waals surface area contributed by atoms with Crippen LogP contribution >= 0.6 is 0 Å². The Labute approximate surface area is 301 Å². The number of hydrogen-bond acceptors (Lipinski definition) is 0. The quantitative estimate of drug-likeness (QED) is 0.166. The van der Waals surface area contributed by atoms with Crippen LogP contribution in [0.3, 0.4) is 0 Å². The van der Waals surface area contributed by atoms with Crippen molar-refractivity contribution in [3.8, 4) is 33.4 Å². The molecule has 0 amide bonds. The predicted molar refractivity (Wildman–Crippen MR) is 225 cm³/mol. The van der Waals surface area contributed by atoms with E-state index < -0.39 is 0 Å². The van der Waals surface area contributed by atoms with E-state index in [-0.39, 0.29) is 0 Å². The van der Waals surface area contributed by atoms with Gasteiger partial charge in [-0.3, -0.25) is 0 Å². The van der Waals surface area contributed by atoms with Crippen molar-refractivity contribution in [2.24, 2.45) is 0 Å². The molecule has 11 aromatic rings. The number of hydrogen-bond donors (Lipinski definition) is 0. The fraction of sp³-hybridized carbons (Fsp3) is 0. The van der Waals surface area contributed by atoms with Gasteiger partial charge in [-0.25, -0.2) is 0 Å². The Hall–Kier alpha value is -6.76. The van der Waals surface area contributed by atoms with Crippen molar-refractivity contribution in [1.29, 1.82) is 0 Å². The van der Waals surface area contributed by atoms with Crippen LogP contribution in [0.2, 0.25) is 0 Å². The SMILES string of the molecule is c1ccc(-c2ccc3c4ccc(-c5ccc(-c6ccc7ccccc7c6)c6ccccc56)cc4c4c5ccccc5c5ccccc5c4c3c2)cc1. The van der Waals surface area contributed by atoms with Crippen LogP contribution in [0.5, 0.6) is 0 Å². The maximum atomic E-state index is 2.46. The van der Waals surface area contributed by atoms with Gasteiger partial charge in [-0.2, -0.15) is 0 Å². The molecule has 0 aliphatic heterocycles. The summed E-state index contributed by atoms with van der Waals surface area (Å²) in [6, 6.07) is 71.9. The monoisotopic (exact) mass is 656 g/mol. The summed E-state index contributed by atoms with van der Waals surface area (Å²) in [5, 5.41) is 18.0. The van der Waals surface area contributed by atoms with Gasteiger partial charge < -0.3 is 0 Å². The van der Waals surface area contributed by atoms with Gasteiger partial charge in [0.15, 0.2) is 0 Å². The average Bonchev–Trinajstić information content (AvgIpc) is 3.23. The zero-order valence-electron chi connectivity index (χ0n) is 28.5. The van der Waals surface area contributed by atoms with Crippen LogP contribution in [-0.2, 0) is 0 Å².